The van der Waals surface area contributed by atoms with Gasteiger partial charge in [0.15, 0.2) is 5.78 Å². The highest BCUT2D eigenvalue weighted by Crippen LogP contribution is 2.17. The average molecular weight is 153 g/mol. The molecule has 1 aliphatic rings. The first kappa shape index (κ1) is 8.31. The molecule has 0 aromatic rings. The maximum atomic E-state index is 11.2. The molecule has 0 aromatic heterocycles. The van der Waals surface area contributed by atoms with E-state index in [1.807, 2.05) is 0 Å². The summed E-state index contributed by atoms with van der Waals surface area (Å²) in [6.07, 6.45) is 7.66. The van der Waals surface area contributed by atoms with Crippen LogP contribution < -0.4 is 5.73 Å². The maximum Gasteiger partial charge on any atom is 0.160 e. The molecule has 2 nitrogen and oxygen atoms in total. The molecule has 0 aromatic carbocycles. The van der Waals surface area contributed by atoms with Crippen molar-refractivity contribution in [3.8, 4) is 0 Å². The van der Waals surface area contributed by atoms with Crippen molar-refractivity contribution in [3.63, 3.8) is 0 Å². The Morgan fingerprint density at radius 2 is 1.73 bits per heavy atom. The normalized spacial score (nSPS) is 24.7. The lowest BCUT2D eigenvalue weighted by atomic mass is 9.96. The number of hydrogen-bond acceptors (Lipinski definition) is 2. The Morgan fingerprint density at radius 3 is 2.36 bits per heavy atom. The van der Waals surface area contributed by atoms with E-state index in [1.165, 1.54) is 19.0 Å². The van der Waals surface area contributed by atoms with Crippen LogP contribution in [0.1, 0.15) is 38.5 Å². The quantitative estimate of drug-likeness (QED) is 0.539. The number of carbonyl (C=O) groups excluding carboxylic acids is 1. The van der Waals surface area contributed by atoms with Gasteiger partial charge in [-0.1, -0.05) is 12.8 Å². The standard InChI is InChI=1S/C9H15NO/c10-7-8-5-3-1-2-4-6-9(8)11/h7H,1-6,10H2/b8-7+. The summed E-state index contributed by atoms with van der Waals surface area (Å²) in [5.41, 5.74) is 6.17. The molecular weight excluding hydrogens is 138 g/mol. The second kappa shape index (κ2) is 4.16. The summed E-state index contributed by atoms with van der Waals surface area (Å²) >= 11 is 0. The number of Topliss-reactive ketones (excluding diaryl/α,β-unsaturated/α-hetero) is 1. The van der Waals surface area contributed by atoms with Crippen LogP contribution in [-0.2, 0) is 4.79 Å². The molecule has 0 spiro atoms. The molecular formula is C9H15NO. The lowest BCUT2D eigenvalue weighted by Gasteiger charge is -2.09. The molecule has 1 rings (SSSR count). The van der Waals surface area contributed by atoms with Gasteiger partial charge in [0.25, 0.3) is 0 Å². The van der Waals surface area contributed by atoms with E-state index in [0.717, 1.165) is 24.8 Å². The van der Waals surface area contributed by atoms with Crippen LogP contribution in [0.15, 0.2) is 11.8 Å². The maximum absolute atomic E-state index is 11.2. The Hall–Kier alpha value is -0.790. The van der Waals surface area contributed by atoms with E-state index in [4.69, 9.17) is 5.73 Å². The van der Waals surface area contributed by atoms with Gasteiger partial charge in [-0.25, -0.2) is 0 Å². The molecule has 0 bridgehead atoms. The summed E-state index contributed by atoms with van der Waals surface area (Å²) in [7, 11) is 0. The Bertz CT molecular complexity index is 172. The van der Waals surface area contributed by atoms with E-state index in [9.17, 15) is 4.79 Å². The molecule has 62 valence electrons. The van der Waals surface area contributed by atoms with E-state index in [1.54, 1.807) is 0 Å². The van der Waals surface area contributed by atoms with Crippen molar-refractivity contribution in [1.29, 1.82) is 0 Å². The number of hydrogen-bond donors (Lipinski definition) is 1. The number of allylic oxidation sites excluding steroid dienone is 1. The number of ketones is 1. The zero-order chi connectivity index (χ0) is 8.10. The van der Waals surface area contributed by atoms with Gasteiger partial charge in [-0.05, 0) is 19.3 Å². The number of rotatable bonds is 0. The molecule has 0 radical (unpaired) electrons. The van der Waals surface area contributed by atoms with Gasteiger partial charge >= 0.3 is 0 Å². The van der Waals surface area contributed by atoms with Crippen molar-refractivity contribution in [1.82, 2.24) is 0 Å². The Morgan fingerprint density at radius 1 is 1.09 bits per heavy atom. The third-order valence-electron chi connectivity index (χ3n) is 2.16. The summed E-state index contributed by atoms with van der Waals surface area (Å²) < 4.78 is 0. The van der Waals surface area contributed by atoms with Crippen LogP contribution in [0.25, 0.3) is 0 Å². The van der Waals surface area contributed by atoms with Gasteiger partial charge in [0, 0.05) is 18.2 Å². The van der Waals surface area contributed by atoms with E-state index >= 15 is 0 Å². The van der Waals surface area contributed by atoms with Crippen LogP contribution in [0.2, 0.25) is 0 Å². The molecule has 0 atom stereocenters. The van der Waals surface area contributed by atoms with Crippen molar-refractivity contribution in [3.05, 3.63) is 11.8 Å². The smallest absolute Gasteiger partial charge is 0.160 e. The van der Waals surface area contributed by atoms with E-state index in [2.05, 4.69) is 0 Å². The second-order valence-corrected chi connectivity index (χ2v) is 3.03. The zero-order valence-electron chi connectivity index (χ0n) is 6.81. The summed E-state index contributed by atoms with van der Waals surface area (Å²) in [5, 5.41) is 0. The third kappa shape index (κ3) is 2.37. The molecule has 0 amide bonds. The van der Waals surface area contributed by atoms with Gasteiger partial charge in [-0.15, -0.1) is 0 Å². The van der Waals surface area contributed by atoms with E-state index < -0.39 is 0 Å². The first-order valence-electron chi connectivity index (χ1n) is 4.28. The monoisotopic (exact) mass is 153 g/mol. The highest BCUT2D eigenvalue weighted by atomic mass is 16.1. The fraction of sp³-hybridized carbons (Fsp3) is 0.667. The summed E-state index contributed by atoms with van der Waals surface area (Å²) in [6, 6.07) is 0. The Labute approximate surface area is 67.5 Å². The van der Waals surface area contributed by atoms with Gasteiger partial charge in [-0.2, -0.15) is 0 Å². The largest absolute Gasteiger partial charge is 0.404 e. The zero-order valence-corrected chi connectivity index (χ0v) is 6.81. The number of nitrogens with two attached hydrogens (primary N) is 1. The van der Waals surface area contributed by atoms with Crippen LogP contribution in [-0.4, -0.2) is 5.78 Å². The lowest BCUT2D eigenvalue weighted by Crippen LogP contribution is -2.07. The first-order valence-corrected chi connectivity index (χ1v) is 4.28. The predicted octanol–water partition coefficient (Wildman–Crippen LogP) is 1.75. The van der Waals surface area contributed by atoms with E-state index in [0.29, 0.717) is 6.42 Å². The molecule has 2 N–H and O–H groups in total. The van der Waals surface area contributed by atoms with Crippen molar-refractivity contribution in [2.75, 3.05) is 0 Å². The molecule has 2 heteroatoms. The predicted molar refractivity (Wildman–Crippen MR) is 45.0 cm³/mol. The van der Waals surface area contributed by atoms with Crippen LogP contribution in [0.3, 0.4) is 0 Å². The van der Waals surface area contributed by atoms with Crippen LogP contribution in [0.5, 0.6) is 0 Å². The highest BCUT2D eigenvalue weighted by molar-refractivity contribution is 5.95. The minimum atomic E-state index is 0.257. The Balaban J connectivity index is 2.53. The van der Waals surface area contributed by atoms with Crippen LogP contribution in [0.4, 0.5) is 0 Å². The lowest BCUT2D eigenvalue weighted by molar-refractivity contribution is -0.116. The average Bonchev–Trinajstić information content (AvgIpc) is 1.98. The van der Waals surface area contributed by atoms with Crippen molar-refractivity contribution in [2.45, 2.75) is 38.5 Å². The van der Waals surface area contributed by atoms with Crippen molar-refractivity contribution < 1.29 is 4.79 Å². The molecule has 1 aliphatic carbocycles. The SMILES string of the molecule is N/C=C1\CCCCCCC1=O. The summed E-state index contributed by atoms with van der Waals surface area (Å²) in [4.78, 5) is 11.2. The van der Waals surface area contributed by atoms with Crippen LogP contribution in [0, 0.1) is 0 Å². The molecule has 0 heterocycles. The van der Waals surface area contributed by atoms with Gasteiger partial charge in [0.05, 0.1) is 0 Å². The van der Waals surface area contributed by atoms with Gasteiger partial charge in [-0.3, -0.25) is 4.79 Å². The van der Waals surface area contributed by atoms with Gasteiger partial charge in [0.2, 0.25) is 0 Å². The van der Waals surface area contributed by atoms with Gasteiger partial charge in [0.1, 0.15) is 0 Å². The highest BCUT2D eigenvalue weighted by Gasteiger charge is 2.10. The topological polar surface area (TPSA) is 43.1 Å². The van der Waals surface area contributed by atoms with Crippen molar-refractivity contribution in [2.24, 2.45) is 5.73 Å². The summed E-state index contributed by atoms with van der Waals surface area (Å²) in [6.45, 7) is 0. The van der Waals surface area contributed by atoms with Gasteiger partial charge < -0.3 is 5.73 Å². The van der Waals surface area contributed by atoms with Crippen molar-refractivity contribution >= 4 is 5.78 Å². The molecule has 0 unspecified atom stereocenters. The minimum absolute atomic E-state index is 0.257. The van der Waals surface area contributed by atoms with Crippen LogP contribution >= 0.6 is 0 Å². The molecule has 11 heavy (non-hydrogen) atoms. The third-order valence-corrected chi connectivity index (χ3v) is 2.16. The van der Waals surface area contributed by atoms with E-state index in [-0.39, 0.29) is 5.78 Å². The number of carbonyl (C=O) groups is 1. The second-order valence-electron chi connectivity index (χ2n) is 3.03. The summed E-state index contributed by atoms with van der Waals surface area (Å²) in [5.74, 6) is 0.257. The molecule has 0 saturated heterocycles. The molecule has 1 saturated carbocycles. The molecule has 1 fully saturated rings. The fourth-order valence-electron chi connectivity index (χ4n) is 1.43. The first-order chi connectivity index (χ1) is 5.34. The Kier molecular flexibility index (Phi) is 3.14. The minimum Gasteiger partial charge on any atom is -0.404 e. The fourth-order valence-corrected chi connectivity index (χ4v) is 1.43. The molecule has 0 aliphatic heterocycles.